The molecular formula is C25H26N2O2. The Kier molecular flexibility index (Phi) is 5.63. The first kappa shape index (κ1) is 19.2. The van der Waals surface area contributed by atoms with Crippen LogP contribution >= 0.6 is 0 Å². The van der Waals surface area contributed by atoms with E-state index in [9.17, 15) is 5.11 Å². The molecule has 3 aromatic carbocycles. The van der Waals surface area contributed by atoms with E-state index >= 15 is 0 Å². The normalized spacial score (nSPS) is 12.2. The predicted octanol–water partition coefficient (Wildman–Crippen LogP) is 4.68. The molecule has 0 unspecified atom stereocenters. The third kappa shape index (κ3) is 4.33. The fourth-order valence-corrected chi connectivity index (χ4v) is 3.71. The number of para-hydroxylation sites is 3. The lowest BCUT2D eigenvalue weighted by atomic mass is 10.1. The first-order valence-corrected chi connectivity index (χ1v) is 9.97. The van der Waals surface area contributed by atoms with Gasteiger partial charge < -0.3 is 14.4 Å². The van der Waals surface area contributed by atoms with Crippen LogP contribution < -0.4 is 4.74 Å². The van der Waals surface area contributed by atoms with Gasteiger partial charge >= 0.3 is 0 Å². The zero-order valence-corrected chi connectivity index (χ0v) is 16.9. The molecule has 29 heavy (non-hydrogen) atoms. The minimum absolute atomic E-state index is 0.239. The summed E-state index contributed by atoms with van der Waals surface area (Å²) in [5, 5.41) is 10.7. The van der Waals surface area contributed by atoms with E-state index in [0.29, 0.717) is 6.54 Å². The largest absolute Gasteiger partial charge is 0.490 e. The van der Waals surface area contributed by atoms with Gasteiger partial charge in [-0.25, -0.2) is 4.98 Å². The minimum Gasteiger partial charge on any atom is -0.490 e. The summed E-state index contributed by atoms with van der Waals surface area (Å²) >= 11 is 0. The molecule has 4 nitrogen and oxygen atoms in total. The smallest absolute Gasteiger partial charge is 0.125 e. The fraction of sp³-hybridized carbons (Fsp3) is 0.240. The van der Waals surface area contributed by atoms with Crippen LogP contribution in [0, 0.1) is 13.8 Å². The average Bonchev–Trinajstić information content (AvgIpc) is 3.05. The van der Waals surface area contributed by atoms with Crippen LogP contribution in [0.1, 0.15) is 22.5 Å². The Morgan fingerprint density at radius 1 is 0.897 bits per heavy atom. The van der Waals surface area contributed by atoms with Gasteiger partial charge in [-0.1, -0.05) is 60.7 Å². The van der Waals surface area contributed by atoms with E-state index in [0.717, 1.165) is 40.2 Å². The maximum Gasteiger partial charge on any atom is 0.125 e. The number of benzene rings is 3. The molecule has 1 aromatic heterocycles. The van der Waals surface area contributed by atoms with Gasteiger partial charge in [-0.15, -0.1) is 0 Å². The van der Waals surface area contributed by atoms with Gasteiger partial charge in [-0.05, 0) is 42.7 Å². The molecule has 0 fully saturated rings. The number of ether oxygens (including phenoxy) is 1. The second kappa shape index (κ2) is 8.50. The fourth-order valence-electron chi connectivity index (χ4n) is 3.71. The Morgan fingerprint density at radius 2 is 1.59 bits per heavy atom. The van der Waals surface area contributed by atoms with Crippen molar-refractivity contribution in [1.82, 2.24) is 9.55 Å². The lowest BCUT2D eigenvalue weighted by molar-refractivity contribution is 0.0921. The second-order valence-electron chi connectivity index (χ2n) is 7.48. The number of aliphatic hydroxyl groups is 1. The summed E-state index contributed by atoms with van der Waals surface area (Å²) in [5.41, 5.74) is 5.33. The summed E-state index contributed by atoms with van der Waals surface area (Å²) in [4.78, 5) is 4.82. The Hall–Kier alpha value is -3.11. The lowest BCUT2D eigenvalue weighted by Crippen LogP contribution is -2.25. The van der Waals surface area contributed by atoms with E-state index in [1.165, 1.54) is 5.56 Å². The molecule has 4 aromatic rings. The number of aromatic nitrogens is 2. The van der Waals surface area contributed by atoms with Crippen molar-refractivity contribution in [3.63, 3.8) is 0 Å². The summed E-state index contributed by atoms with van der Waals surface area (Å²) in [6, 6.07) is 24.4. The van der Waals surface area contributed by atoms with E-state index in [-0.39, 0.29) is 6.61 Å². The molecule has 0 aliphatic carbocycles. The third-order valence-electron chi connectivity index (χ3n) is 5.16. The zero-order chi connectivity index (χ0) is 20.2. The Balaban J connectivity index is 1.55. The molecule has 0 amide bonds. The van der Waals surface area contributed by atoms with Crippen LogP contribution in [0.5, 0.6) is 5.75 Å². The maximum atomic E-state index is 10.7. The predicted molar refractivity (Wildman–Crippen MR) is 116 cm³/mol. The Bertz CT molecular complexity index is 1080. The molecule has 0 radical (unpaired) electrons. The molecule has 0 saturated heterocycles. The zero-order valence-electron chi connectivity index (χ0n) is 16.9. The summed E-state index contributed by atoms with van der Waals surface area (Å²) in [6.45, 7) is 4.72. The van der Waals surface area contributed by atoms with Gasteiger partial charge in [-0.2, -0.15) is 0 Å². The number of imidazole rings is 1. The molecule has 0 spiro atoms. The summed E-state index contributed by atoms with van der Waals surface area (Å²) in [5.74, 6) is 1.80. The quantitative estimate of drug-likeness (QED) is 0.501. The van der Waals surface area contributed by atoms with Crippen molar-refractivity contribution in [2.24, 2.45) is 0 Å². The number of aliphatic hydroxyl groups excluding tert-OH is 1. The molecule has 1 heterocycles. The Labute approximate surface area is 171 Å². The van der Waals surface area contributed by atoms with Crippen LogP contribution in [-0.2, 0) is 13.0 Å². The molecule has 148 valence electrons. The van der Waals surface area contributed by atoms with Gasteiger partial charge in [0.15, 0.2) is 0 Å². The van der Waals surface area contributed by atoms with E-state index in [4.69, 9.17) is 9.72 Å². The first-order chi connectivity index (χ1) is 14.1. The minimum atomic E-state index is -0.638. The van der Waals surface area contributed by atoms with Crippen LogP contribution in [0.4, 0.5) is 0 Å². The van der Waals surface area contributed by atoms with Gasteiger partial charge in [0.25, 0.3) is 0 Å². The van der Waals surface area contributed by atoms with Crippen LogP contribution in [-0.4, -0.2) is 27.4 Å². The number of hydrogen-bond acceptors (Lipinski definition) is 3. The topological polar surface area (TPSA) is 47.3 Å². The van der Waals surface area contributed by atoms with E-state index in [1.54, 1.807) is 0 Å². The van der Waals surface area contributed by atoms with E-state index in [2.05, 4.69) is 22.8 Å². The Morgan fingerprint density at radius 3 is 2.34 bits per heavy atom. The van der Waals surface area contributed by atoms with Crippen molar-refractivity contribution in [2.75, 3.05) is 6.61 Å². The van der Waals surface area contributed by atoms with Crippen LogP contribution in [0.2, 0.25) is 0 Å². The standard InChI is InChI=1S/C25H26N2O2/c1-18-9-8-10-19(2)25(18)29-17-21(28)16-27-23-14-7-6-13-22(23)26-24(27)15-20-11-4-3-5-12-20/h3-14,21,28H,15-17H2,1-2H3/t21-/m0/s1. The average molecular weight is 386 g/mol. The molecular weight excluding hydrogens is 360 g/mol. The van der Waals surface area contributed by atoms with Crippen molar-refractivity contribution < 1.29 is 9.84 Å². The molecule has 1 atom stereocenters. The van der Waals surface area contributed by atoms with Crippen LogP contribution in [0.3, 0.4) is 0 Å². The highest BCUT2D eigenvalue weighted by Gasteiger charge is 2.16. The molecule has 0 aliphatic heterocycles. The number of nitrogens with zero attached hydrogens (tertiary/aromatic N) is 2. The highest BCUT2D eigenvalue weighted by molar-refractivity contribution is 5.76. The number of hydrogen-bond donors (Lipinski definition) is 1. The van der Waals surface area contributed by atoms with Gasteiger partial charge in [0, 0.05) is 6.42 Å². The van der Waals surface area contributed by atoms with Crippen molar-refractivity contribution >= 4 is 11.0 Å². The summed E-state index contributed by atoms with van der Waals surface area (Å²) in [7, 11) is 0. The molecule has 4 rings (SSSR count). The molecule has 0 saturated carbocycles. The molecule has 0 aliphatic rings. The van der Waals surface area contributed by atoms with E-state index in [1.807, 2.05) is 68.4 Å². The third-order valence-corrected chi connectivity index (χ3v) is 5.16. The molecule has 4 heteroatoms. The summed E-state index contributed by atoms with van der Waals surface area (Å²) in [6.07, 6.45) is 0.0844. The molecule has 0 bridgehead atoms. The lowest BCUT2D eigenvalue weighted by Gasteiger charge is -2.17. The SMILES string of the molecule is Cc1cccc(C)c1OC[C@@H](O)Cn1c(Cc2ccccc2)nc2ccccc21. The van der Waals surface area contributed by atoms with Crippen LogP contribution in [0.25, 0.3) is 11.0 Å². The second-order valence-corrected chi connectivity index (χ2v) is 7.48. The van der Waals surface area contributed by atoms with E-state index < -0.39 is 6.10 Å². The highest BCUT2D eigenvalue weighted by Crippen LogP contribution is 2.23. The van der Waals surface area contributed by atoms with Gasteiger partial charge in [0.2, 0.25) is 0 Å². The summed E-state index contributed by atoms with van der Waals surface area (Å²) < 4.78 is 8.08. The van der Waals surface area contributed by atoms with Gasteiger partial charge in [0.1, 0.15) is 24.3 Å². The van der Waals surface area contributed by atoms with Gasteiger partial charge in [-0.3, -0.25) is 0 Å². The van der Waals surface area contributed by atoms with Crippen molar-refractivity contribution in [1.29, 1.82) is 0 Å². The van der Waals surface area contributed by atoms with Crippen LogP contribution in [0.15, 0.2) is 72.8 Å². The first-order valence-electron chi connectivity index (χ1n) is 9.97. The number of rotatable bonds is 7. The maximum absolute atomic E-state index is 10.7. The molecule has 1 N–H and O–H groups in total. The van der Waals surface area contributed by atoms with Crippen molar-refractivity contribution in [3.05, 3.63) is 95.3 Å². The number of fused-ring (bicyclic) bond motifs is 1. The van der Waals surface area contributed by atoms with Crippen molar-refractivity contribution in [2.45, 2.75) is 32.9 Å². The monoisotopic (exact) mass is 386 g/mol. The van der Waals surface area contributed by atoms with Crippen molar-refractivity contribution in [3.8, 4) is 5.75 Å². The van der Waals surface area contributed by atoms with Gasteiger partial charge in [0.05, 0.1) is 17.6 Å². The highest BCUT2D eigenvalue weighted by atomic mass is 16.5. The number of aryl methyl sites for hydroxylation is 2.